The second kappa shape index (κ2) is 6.55. The zero-order valence-corrected chi connectivity index (χ0v) is 10.7. The largest absolute Gasteiger partial charge is 0.389 e. The first-order valence-corrected chi connectivity index (χ1v) is 6.05. The van der Waals surface area contributed by atoms with Gasteiger partial charge < -0.3 is 19.9 Å². The maximum absolute atomic E-state index is 9.66. The van der Waals surface area contributed by atoms with E-state index in [0.717, 1.165) is 6.54 Å². The van der Waals surface area contributed by atoms with E-state index in [1.54, 1.807) is 7.11 Å². The second-order valence-electron chi connectivity index (χ2n) is 5.19. The zero-order valence-electron chi connectivity index (χ0n) is 10.7. The minimum Gasteiger partial charge on any atom is -0.389 e. The fourth-order valence-corrected chi connectivity index (χ4v) is 1.55. The van der Waals surface area contributed by atoms with E-state index in [2.05, 4.69) is 12.2 Å². The molecular weight excluding hydrogens is 206 g/mol. The number of hydrogen-bond acceptors (Lipinski definition) is 4. The van der Waals surface area contributed by atoms with Crippen LogP contribution in [0, 0.1) is 5.41 Å². The standard InChI is InChI=1S/C12H25NO3/c1-10(7-15-3)16-8-11(14)6-13-9-12(2)4-5-12/h10-11,13-14H,4-9H2,1-3H3. The van der Waals surface area contributed by atoms with Crippen LogP contribution in [-0.2, 0) is 9.47 Å². The Hall–Kier alpha value is -0.160. The van der Waals surface area contributed by atoms with Crippen molar-refractivity contribution in [1.29, 1.82) is 0 Å². The predicted octanol–water partition coefficient (Wildman–Crippen LogP) is 0.788. The van der Waals surface area contributed by atoms with Gasteiger partial charge in [0, 0.05) is 20.2 Å². The third-order valence-corrected chi connectivity index (χ3v) is 3.01. The summed E-state index contributed by atoms with van der Waals surface area (Å²) in [5.74, 6) is 0. The molecule has 0 aromatic rings. The minimum atomic E-state index is -0.429. The Balaban J connectivity index is 1.95. The SMILES string of the molecule is COCC(C)OCC(O)CNCC1(C)CC1. The normalized spacial score (nSPS) is 21.8. The van der Waals surface area contributed by atoms with E-state index in [1.165, 1.54) is 12.8 Å². The van der Waals surface area contributed by atoms with Crippen LogP contribution in [0.2, 0.25) is 0 Å². The van der Waals surface area contributed by atoms with Gasteiger partial charge in [-0.1, -0.05) is 6.92 Å². The Kier molecular flexibility index (Phi) is 5.69. The van der Waals surface area contributed by atoms with E-state index in [0.29, 0.717) is 25.2 Å². The zero-order chi connectivity index (χ0) is 12.0. The summed E-state index contributed by atoms with van der Waals surface area (Å²) in [5.41, 5.74) is 0.490. The average Bonchev–Trinajstić information content (AvgIpc) is 2.94. The van der Waals surface area contributed by atoms with E-state index >= 15 is 0 Å². The molecule has 1 saturated carbocycles. The second-order valence-corrected chi connectivity index (χ2v) is 5.19. The highest BCUT2D eigenvalue weighted by atomic mass is 16.5. The molecule has 0 radical (unpaired) electrons. The van der Waals surface area contributed by atoms with Crippen molar-refractivity contribution in [3.05, 3.63) is 0 Å². The molecule has 2 unspecified atom stereocenters. The van der Waals surface area contributed by atoms with E-state index in [9.17, 15) is 5.11 Å². The molecule has 2 N–H and O–H groups in total. The van der Waals surface area contributed by atoms with Gasteiger partial charge in [0.1, 0.15) is 0 Å². The molecule has 0 bridgehead atoms. The van der Waals surface area contributed by atoms with Crippen LogP contribution in [0.5, 0.6) is 0 Å². The van der Waals surface area contributed by atoms with Crippen molar-refractivity contribution in [2.24, 2.45) is 5.41 Å². The first-order valence-electron chi connectivity index (χ1n) is 6.05. The molecule has 2 atom stereocenters. The molecule has 0 aromatic carbocycles. The first kappa shape index (κ1) is 13.9. The maximum Gasteiger partial charge on any atom is 0.0897 e. The van der Waals surface area contributed by atoms with Gasteiger partial charge in [0.2, 0.25) is 0 Å². The van der Waals surface area contributed by atoms with Gasteiger partial charge in [0.15, 0.2) is 0 Å². The summed E-state index contributed by atoms with van der Waals surface area (Å²) < 4.78 is 10.4. The van der Waals surface area contributed by atoms with Gasteiger partial charge in [-0.3, -0.25) is 0 Å². The molecule has 16 heavy (non-hydrogen) atoms. The highest BCUT2D eigenvalue weighted by Crippen LogP contribution is 2.43. The van der Waals surface area contributed by atoms with Gasteiger partial charge in [-0.2, -0.15) is 0 Å². The van der Waals surface area contributed by atoms with E-state index < -0.39 is 6.10 Å². The Labute approximate surface area is 98.3 Å². The lowest BCUT2D eigenvalue weighted by atomic mass is 10.1. The quantitative estimate of drug-likeness (QED) is 0.616. The van der Waals surface area contributed by atoms with E-state index in [-0.39, 0.29) is 6.10 Å². The van der Waals surface area contributed by atoms with E-state index in [1.807, 2.05) is 6.92 Å². The Morgan fingerprint density at radius 3 is 2.62 bits per heavy atom. The maximum atomic E-state index is 9.66. The van der Waals surface area contributed by atoms with Gasteiger partial charge >= 0.3 is 0 Å². The fourth-order valence-electron chi connectivity index (χ4n) is 1.55. The monoisotopic (exact) mass is 231 g/mol. The summed E-state index contributed by atoms with van der Waals surface area (Å²) in [6.07, 6.45) is 2.22. The summed E-state index contributed by atoms with van der Waals surface area (Å²) >= 11 is 0. The summed E-state index contributed by atoms with van der Waals surface area (Å²) in [4.78, 5) is 0. The number of aliphatic hydroxyl groups is 1. The highest BCUT2D eigenvalue weighted by molar-refractivity contribution is 4.90. The van der Waals surface area contributed by atoms with Crippen molar-refractivity contribution in [2.75, 3.05) is 33.4 Å². The molecule has 96 valence electrons. The molecule has 1 aliphatic carbocycles. The van der Waals surface area contributed by atoms with Crippen molar-refractivity contribution in [1.82, 2.24) is 5.32 Å². The van der Waals surface area contributed by atoms with E-state index in [4.69, 9.17) is 9.47 Å². The number of ether oxygens (including phenoxy) is 2. The molecule has 4 heteroatoms. The van der Waals surface area contributed by atoms with Crippen LogP contribution < -0.4 is 5.32 Å². The molecule has 1 fully saturated rings. The first-order chi connectivity index (χ1) is 7.56. The van der Waals surface area contributed by atoms with Crippen LogP contribution in [0.4, 0.5) is 0 Å². The molecule has 1 aliphatic rings. The summed E-state index contributed by atoms with van der Waals surface area (Å²) in [6.45, 7) is 6.75. The van der Waals surface area contributed by atoms with Crippen molar-refractivity contribution < 1.29 is 14.6 Å². The van der Waals surface area contributed by atoms with Crippen LogP contribution in [-0.4, -0.2) is 50.7 Å². The van der Waals surface area contributed by atoms with Crippen molar-refractivity contribution in [3.8, 4) is 0 Å². The third-order valence-electron chi connectivity index (χ3n) is 3.01. The molecule has 0 spiro atoms. The Morgan fingerprint density at radius 2 is 2.06 bits per heavy atom. The highest BCUT2D eigenvalue weighted by Gasteiger charge is 2.36. The summed E-state index contributed by atoms with van der Waals surface area (Å²) in [7, 11) is 1.65. The molecule has 0 heterocycles. The lowest BCUT2D eigenvalue weighted by Gasteiger charge is -2.17. The van der Waals surface area contributed by atoms with Crippen molar-refractivity contribution >= 4 is 0 Å². The number of aliphatic hydroxyl groups excluding tert-OH is 1. The molecule has 0 aromatic heterocycles. The minimum absolute atomic E-state index is 0.0422. The molecule has 0 aliphatic heterocycles. The number of hydrogen-bond donors (Lipinski definition) is 2. The van der Waals surface area contributed by atoms with Crippen LogP contribution >= 0.6 is 0 Å². The lowest BCUT2D eigenvalue weighted by Crippen LogP contribution is -2.34. The summed E-state index contributed by atoms with van der Waals surface area (Å²) in [5, 5.41) is 12.9. The smallest absolute Gasteiger partial charge is 0.0897 e. The van der Waals surface area contributed by atoms with Gasteiger partial charge in [0.25, 0.3) is 0 Å². The third kappa shape index (κ3) is 5.80. The van der Waals surface area contributed by atoms with Gasteiger partial charge in [-0.25, -0.2) is 0 Å². The molecular formula is C12H25NO3. The Bertz CT molecular complexity index is 195. The summed E-state index contributed by atoms with van der Waals surface area (Å²) in [6, 6.07) is 0. The van der Waals surface area contributed by atoms with Crippen LogP contribution in [0.1, 0.15) is 26.7 Å². The van der Waals surface area contributed by atoms with Crippen LogP contribution in [0.15, 0.2) is 0 Å². The fraction of sp³-hybridized carbons (Fsp3) is 1.00. The molecule has 0 amide bonds. The number of rotatable bonds is 9. The topological polar surface area (TPSA) is 50.7 Å². The van der Waals surface area contributed by atoms with Crippen LogP contribution in [0.25, 0.3) is 0 Å². The number of methoxy groups -OCH3 is 1. The lowest BCUT2D eigenvalue weighted by molar-refractivity contribution is -0.0312. The van der Waals surface area contributed by atoms with Crippen molar-refractivity contribution in [2.45, 2.75) is 38.9 Å². The predicted molar refractivity (Wildman–Crippen MR) is 63.5 cm³/mol. The van der Waals surface area contributed by atoms with Gasteiger partial charge in [-0.05, 0) is 25.2 Å². The van der Waals surface area contributed by atoms with Gasteiger partial charge in [0.05, 0.1) is 25.4 Å². The number of nitrogens with one attached hydrogen (secondary N) is 1. The van der Waals surface area contributed by atoms with Crippen molar-refractivity contribution in [3.63, 3.8) is 0 Å². The molecule has 0 saturated heterocycles. The van der Waals surface area contributed by atoms with Crippen LogP contribution in [0.3, 0.4) is 0 Å². The molecule has 1 rings (SSSR count). The average molecular weight is 231 g/mol. The molecule has 4 nitrogen and oxygen atoms in total. The van der Waals surface area contributed by atoms with Gasteiger partial charge in [-0.15, -0.1) is 0 Å². The Morgan fingerprint density at radius 1 is 1.38 bits per heavy atom.